The van der Waals surface area contributed by atoms with Gasteiger partial charge in [-0.05, 0) is 36.6 Å². The topological polar surface area (TPSA) is 99.6 Å². The Morgan fingerprint density at radius 1 is 1.19 bits per heavy atom. The van der Waals surface area contributed by atoms with Crippen molar-refractivity contribution in [1.82, 2.24) is 14.0 Å². The van der Waals surface area contributed by atoms with Gasteiger partial charge in [0.15, 0.2) is 0 Å². The molecule has 166 valence electrons. The van der Waals surface area contributed by atoms with E-state index in [1.807, 2.05) is 35.4 Å². The van der Waals surface area contributed by atoms with E-state index in [1.54, 1.807) is 13.2 Å². The highest BCUT2D eigenvalue weighted by Gasteiger charge is 2.37. The van der Waals surface area contributed by atoms with Gasteiger partial charge in [-0.25, -0.2) is 0 Å². The normalized spacial score (nSPS) is 19.6. The van der Waals surface area contributed by atoms with Gasteiger partial charge < -0.3 is 18.8 Å². The number of likely N-dealkylation sites (tertiary alicyclic amines) is 1. The number of aromatic nitrogens is 2. The lowest BCUT2D eigenvalue weighted by atomic mass is 9.83. The summed E-state index contributed by atoms with van der Waals surface area (Å²) in [4.78, 5) is 37.9. The number of aryl methyl sites for hydroxylation is 1. The summed E-state index contributed by atoms with van der Waals surface area (Å²) in [6.07, 6.45) is 3.25. The van der Waals surface area contributed by atoms with Crippen molar-refractivity contribution in [1.29, 1.82) is 0 Å². The Kier molecular flexibility index (Phi) is 4.96. The third kappa shape index (κ3) is 3.34. The maximum atomic E-state index is 13.0. The Labute approximate surface area is 184 Å². The van der Waals surface area contributed by atoms with Crippen LogP contribution in [0.2, 0.25) is 0 Å². The maximum Gasteiger partial charge on any atom is 0.334 e. The number of ether oxygens (including phenoxy) is 1. The van der Waals surface area contributed by atoms with E-state index in [0.717, 1.165) is 28.8 Å². The van der Waals surface area contributed by atoms with Crippen LogP contribution < -0.4 is 10.3 Å². The second-order valence-corrected chi connectivity index (χ2v) is 8.57. The average Bonchev–Trinajstić information content (AvgIpc) is 3.21. The van der Waals surface area contributed by atoms with Crippen molar-refractivity contribution in [2.24, 2.45) is 5.92 Å². The number of piperidine rings is 1. The molecule has 0 N–H and O–H groups in total. The molecule has 1 amide bonds. The fourth-order valence-electron chi connectivity index (χ4n) is 5.22. The molecule has 9 nitrogen and oxygen atoms in total. The molecular formula is C23H24N4O5. The van der Waals surface area contributed by atoms with Gasteiger partial charge in [0.2, 0.25) is 5.91 Å². The zero-order valence-corrected chi connectivity index (χ0v) is 17.8. The minimum absolute atomic E-state index is 0.0247. The smallest absolute Gasteiger partial charge is 0.334 e. The average molecular weight is 436 g/mol. The van der Waals surface area contributed by atoms with Gasteiger partial charge in [-0.2, -0.15) is 0 Å². The third-order valence-corrected chi connectivity index (χ3v) is 6.69. The minimum atomic E-state index is -0.629. The first kappa shape index (κ1) is 20.3. The highest BCUT2D eigenvalue weighted by Crippen LogP contribution is 2.36. The van der Waals surface area contributed by atoms with Crippen molar-refractivity contribution >= 4 is 22.5 Å². The maximum absolute atomic E-state index is 13.0. The lowest BCUT2D eigenvalue weighted by Crippen LogP contribution is -2.49. The van der Waals surface area contributed by atoms with Crippen molar-refractivity contribution in [3.05, 3.63) is 68.8 Å². The Balaban J connectivity index is 1.31. The highest BCUT2D eigenvalue weighted by atomic mass is 16.6. The number of hydrogen-bond donors (Lipinski definition) is 0. The summed E-state index contributed by atoms with van der Waals surface area (Å²) >= 11 is 0. The predicted molar refractivity (Wildman–Crippen MR) is 118 cm³/mol. The molecule has 1 fully saturated rings. The number of nitro groups is 1. The van der Waals surface area contributed by atoms with Crippen molar-refractivity contribution in [3.8, 4) is 5.75 Å². The van der Waals surface area contributed by atoms with Crippen LogP contribution in [0.15, 0.2) is 47.4 Å². The van der Waals surface area contributed by atoms with Crippen LogP contribution in [0, 0.1) is 16.0 Å². The summed E-state index contributed by atoms with van der Waals surface area (Å²) in [7, 11) is 1.65. The summed E-state index contributed by atoms with van der Waals surface area (Å²) in [5.74, 6) is 1.05. The number of hydrogen-bond acceptors (Lipinski definition) is 5. The molecule has 2 bridgehead atoms. The zero-order chi connectivity index (χ0) is 22.4. The largest absolute Gasteiger partial charge is 0.496 e. The quantitative estimate of drug-likeness (QED) is 0.452. The Morgan fingerprint density at radius 2 is 2.03 bits per heavy atom. The summed E-state index contributed by atoms with van der Waals surface area (Å²) in [5.41, 5.74) is 0.884. The first-order valence-corrected chi connectivity index (χ1v) is 10.7. The number of benzene rings is 1. The molecule has 0 saturated carbocycles. The minimum Gasteiger partial charge on any atom is -0.496 e. The summed E-state index contributed by atoms with van der Waals surface area (Å²) < 4.78 is 9.02. The van der Waals surface area contributed by atoms with Crippen molar-refractivity contribution in [3.63, 3.8) is 0 Å². The summed E-state index contributed by atoms with van der Waals surface area (Å²) in [6.45, 7) is 2.10. The molecule has 2 aromatic heterocycles. The highest BCUT2D eigenvalue weighted by molar-refractivity contribution is 5.86. The van der Waals surface area contributed by atoms with Crippen LogP contribution >= 0.6 is 0 Å². The van der Waals surface area contributed by atoms with Gasteiger partial charge in [-0.1, -0.05) is 6.07 Å². The number of pyridine rings is 1. The standard InChI is InChI=1S/C23H24N4O5/c1-32-21-4-2-3-19-17(21)7-9-24(19)10-8-22(28)25-12-15-11-16(14-25)18-5-6-20(27(30)31)23(29)26(18)13-15/h2-7,9,15-16H,8,10-14H2,1H3/t15-,16?/m0/s1. The molecule has 1 aromatic carbocycles. The zero-order valence-electron chi connectivity index (χ0n) is 17.8. The molecule has 9 heteroatoms. The van der Waals surface area contributed by atoms with E-state index in [1.165, 1.54) is 10.6 Å². The molecule has 5 rings (SSSR count). The van der Waals surface area contributed by atoms with Crippen LogP contribution in [0.1, 0.15) is 24.5 Å². The van der Waals surface area contributed by atoms with Gasteiger partial charge in [0.1, 0.15) is 5.75 Å². The van der Waals surface area contributed by atoms with E-state index in [2.05, 4.69) is 4.57 Å². The van der Waals surface area contributed by atoms with E-state index in [0.29, 0.717) is 32.6 Å². The number of rotatable bonds is 5. The Bertz CT molecular complexity index is 1280. The number of nitrogens with zero attached hydrogens (tertiary/aromatic N) is 4. The van der Waals surface area contributed by atoms with E-state index < -0.39 is 16.2 Å². The van der Waals surface area contributed by atoms with E-state index in [9.17, 15) is 19.7 Å². The van der Waals surface area contributed by atoms with Gasteiger partial charge in [0.25, 0.3) is 0 Å². The molecule has 2 aliphatic heterocycles. The fourth-order valence-corrected chi connectivity index (χ4v) is 5.22. The lowest BCUT2D eigenvalue weighted by Gasteiger charge is -2.42. The van der Waals surface area contributed by atoms with E-state index >= 15 is 0 Å². The van der Waals surface area contributed by atoms with Crippen LogP contribution in [-0.4, -0.2) is 45.1 Å². The van der Waals surface area contributed by atoms with Crippen LogP contribution in [0.4, 0.5) is 5.69 Å². The van der Waals surface area contributed by atoms with Crippen molar-refractivity contribution in [2.45, 2.75) is 31.8 Å². The van der Waals surface area contributed by atoms with E-state index in [-0.39, 0.29) is 17.7 Å². The molecule has 1 saturated heterocycles. The lowest BCUT2D eigenvalue weighted by molar-refractivity contribution is -0.386. The molecule has 1 unspecified atom stereocenters. The molecule has 4 heterocycles. The monoisotopic (exact) mass is 436 g/mol. The number of carbonyl (C=O) groups excluding carboxylic acids is 1. The Hall–Kier alpha value is -3.62. The van der Waals surface area contributed by atoms with Gasteiger partial charge in [0, 0.05) is 61.9 Å². The van der Waals surface area contributed by atoms with Crippen LogP contribution in [0.5, 0.6) is 5.75 Å². The van der Waals surface area contributed by atoms with Gasteiger partial charge in [-0.3, -0.25) is 19.7 Å². The molecule has 3 aromatic rings. The third-order valence-electron chi connectivity index (χ3n) is 6.69. The SMILES string of the molecule is COc1cccc2c1ccn2CCC(=O)N1CC2C[C@@H](C1)Cn1c2ccc([N+](=O)[O-])c1=O. The molecule has 2 aliphatic rings. The number of amides is 1. The molecule has 2 atom stereocenters. The fraction of sp³-hybridized carbons (Fsp3) is 0.391. The Morgan fingerprint density at radius 3 is 2.81 bits per heavy atom. The van der Waals surface area contributed by atoms with Crippen LogP contribution in [0.25, 0.3) is 10.9 Å². The van der Waals surface area contributed by atoms with Crippen molar-refractivity contribution in [2.75, 3.05) is 20.2 Å². The molecule has 0 spiro atoms. The van der Waals surface area contributed by atoms with Crippen molar-refractivity contribution < 1.29 is 14.5 Å². The summed E-state index contributed by atoms with van der Waals surface area (Å²) in [5, 5.41) is 12.1. The molecular weight excluding hydrogens is 412 g/mol. The first-order chi connectivity index (χ1) is 15.5. The van der Waals surface area contributed by atoms with Gasteiger partial charge >= 0.3 is 11.2 Å². The van der Waals surface area contributed by atoms with Crippen LogP contribution in [0.3, 0.4) is 0 Å². The molecule has 0 radical (unpaired) electrons. The first-order valence-electron chi connectivity index (χ1n) is 10.7. The van der Waals surface area contributed by atoms with Gasteiger partial charge in [0.05, 0.1) is 17.5 Å². The second-order valence-electron chi connectivity index (χ2n) is 8.57. The van der Waals surface area contributed by atoms with E-state index in [4.69, 9.17) is 4.74 Å². The molecule has 0 aliphatic carbocycles. The number of fused-ring (bicyclic) bond motifs is 5. The number of carbonyl (C=O) groups is 1. The summed E-state index contributed by atoms with van der Waals surface area (Å²) in [6, 6.07) is 10.8. The molecule has 32 heavy (non-hydrogen) atoms. The van der Waals surface area contributed by atoms with Crippen LogP contribution in [-0.2, 0) is 17.9 Å². The number of methoxy groups -OCH3 is 1. The second kappa shape index (κ2) is 7.81. The van der Waals surface area contributed by atoms with Gasteiger partial charge in [-0.15, -0.1) is 0 Å². The predicted octanol–water partition coefficient (Wildman–Crippen LogP) is 2.76.